The van der Waals surface area contributed by atoms with Gasteiger partial charge in [0.15, 0.2) is 0 Å². The number of hydrogen-bond donors (Lipinski definition) is 1. The molecule has 0 radical (unpaired) electrons. The summed E-state index contributed by atoms with van der Waals surface area (Å²) in [4.78, 5) is 12.8. The second-order valence-corrected chi connectivity index (χ2v) is 6.10. The highest BCUT2D eigenvalue weighted by atomic mass is 16.6. The van der Waals surface area contributed by atoms with Crippen LogP contribution in [-0.4, -0.2) is 30.1 Å². The van der Waals surface area contributed by atoms with Gasteiger partial charge in [0.05, 0.1) is 4.92 Å². The van der Waals surface area contributed by atoms with E-state index in [1.165, 1.54) is 25.7 Å². The number of nitrogens with zero attached hydrogens (tertiary/aromatic N) is 2. The number of nitro groups is 1. The lowest BCUT2D eigenvalue weighted by Gasteiger charge is -2.37. The number of benzene rings is 1. The van der Waals surface area contributed by atoms with Crippen LogP contribution in [0.4, 0.5) is 11.4 Å². The summed E-state index contributed by atoms with van der Waals surface area (Å²) >= 11 is 0. The van der Waals surface area contributed by atoms with Crippen LogP contribution in [0.1, 0.15) is 31.2 Å². The maximum Gasteiger partial charge on any atom is 0.269 e. The van der Waals surface area contributed by atoms with Crippen LogP contribution in [0.5, 0.6) is 0 Å². The molecule has 0 spiro atoms. The average molecular weight is 275 g/mol. The van der Waals surface area contributed by atoms with E-state index in [0.29, 0.717) is 18.1 Å². The molecule has 5 nitrogen and oxygen atoms in total. The molecule has 1 aromatic carbocycles. The Bertz CT molecular complexity index is 520. The van der Waals surface area contributed by atoms with Gasteiger partial charge in [0, 0.05) is 43.0 Å². The van der Waals surface area contributed by atoms with Gasteiger partial charge in [0.2, 0.25) is 0 Å². The Kier molecular flexibility index (Phi) is 3.38. The molecule has 1 aromatic rings. The highest BCUT2D eigenvalue weighted by molar-refractivity contribution is 5.57. The lowest BCUT2D eigenvalue weighted by atomic mass is 9.97. The van der Waals surface area contributed by atoms with Crippen molar-refractivity contribution in [1.29, 1.82) is 0 Å². The van der Waals surface area contributed by atoms with Crippen LogP contribution in [-0.2, 0) is 0 Å². The fraction of sp³-hybridized carbons (Fsp3) is 0.600. The predicted octanol–water partition coefficient (Wildman–Crippen LogP) is 2.62. The zero-order valence-corrected chi connectivity index (χ0v) is 12.0. The van der Waals surface area contributed by atoms with E-state index in [0.717, 1.165) is 11.3 Å². The van der Waals surface area contributed by atoms with Crippen LogP contribution < -0.4 is 10.2 Å². The molecule has 2 heterocycles. The van der Waals surface area contributed by atoms with Crippen LogP contribution in [0.15, 0.2) is 18.2 Å². The van der Waals surface area contributed by atoms with Gasteiger partial charge in [-0.15, -0.1) is 0 Å². The summed E-state index contributed by atoms with van der Waals surface area (Å²) in [7, 11) is 2.11. The fourth-order valence-electron chi connectivity index (χ4n) is 3.69. The maximum absolute atomic E-state index is 10.8. The molecule has 0 aliphatic carbocycles. The van der Waals surface area contributed by atoms with E-state index in [9.17, 15) is 10.1 Å². The summed E-state index contributed by atoms with van der Waals surface area (Å²) in [6, 6.07) is 7.00. The van der Waals surface area contributed by atoms with Crippen LogP contribution in [0, 0.1) is 17.0 Å². The molecule has 0 aromatic heterocycles. The number of aryl methyl sites for hydroxylation is 1. The van der Waals surface area contributed by atoms with Crippen LogP contribution in [0.3, 0.4) is 0 Å². The standard InChI is InChI=1S/C15H21N3O2/c1-10-7-13(18(19)20)5-6-15(10)17(2)14-8-11-3-4-12(9-14)16-11/h5-7,11-12,14,16H,3-4,8-9H2,1-2H3. The Labute approximate surface area is 119 Å². The van der Waals surface area contributed by atoms with E-state index in [-0.39, 0.29) is 10.6 Å². The Morgan fingerprint density at radius 2 is 1.95 bits per heavy atom. The van der Waals surface area contributed by atoms with E-state index < -0.39 is 0 Å². The molecule has 0 saturated carbocycles. The Morgan fingerprint density at radius 1 is 1.30 bits per heavy atom. The summed E-state index contributed by atoms with van der Waals surface area (Å²) in [5.74, 6) is 0. The van der Waals surface area contributed by atoms with Gasteiger partial charge in [-0.05, 0) is 44.2 Å². The zero-order valence-electron chi connectivity index (χ0n) is 12.0. The molecule has 5 heteroatoms. The Balaban J connectivity index is 1.80. The van der Waals surface area contributed by atoms with Crippen LogP contribution in [0.25, 0.3) is 0 Å². The first-order valence-corrected chi connectivity index (χ1v) is 7.28. The number of anilines is 1. The molecule has 2 atom stereocenters. The summed E-state index contributed by atoms with van der Waals surface area (Å²) in [5.41, 5.74) is 2.26. The van der Waals surface area contributed by atoms with E-state index in [1.807, 2.05) is 13.0 Å². The van der Waals surface area contributed by atoms with Crippen molar-refractivity contribution in [1.82, 2.24) is 5.32 Å². The fourth-order valence-corrected chi connectivity index (χ4v) is 3.69. The smallest absolute Gasteiger partial charge is 0.269 e. The van der Waals surface area contributed by atoms with Crippen LogP contribution in [0.2, 0.25) is 0 Å². The summed E-state index contributed by atoms with van der Waals surface area (Å²) in [5, 5.41) is 14.5. The van der Waals surface area contributed by atoms with E-state index in [2.05, 4.69) is 17.3 Å². The number of hydrogen-bond acceptors (Lipinski definition) is 4. The first-order valence-electron chi connectivity index (χ1n) is 7.28. The molecule has 2 aliphatic rings. The van der Waals surface area contributed by atoms with E-state index >= 15 is 0 Å². The number of fused-ring (bicyclic) bond motifs is 2. The van der Waals surface area contributed by atoms with Gasteiger partial charge in [0.25, 0.3) is 5.69 Å². The second kappa shape index (κ2) is 5.05. The largest absolute Gasteiger partial charge is 0.371 e. The Morgan fingerprint density at radius 3 is 2.50 bits per heavy atom. The molecule has 2 fully saturated rings. The molecule has 20 heavy (non-hydrogen) atoms. The summed E-state index contributed by atoms with van der Waals surface area (Å²) in [6.45, 7) is 1.95. The Hall–Kier alpha value is -1.62. The normalized spacial score (nSPS) is 28.4. The van der Waals surface area contributed by atoms with Gasteiger partial charge in [-0.3, -0.25) is 10.1 Å². The number of piperidine rings is 1. The quantitative estimate of drug-likeness (QED) is 0.680. The van der Waals surface area contributed by atoms with Crippen molar-refractivity contribution in [2.45, 2.75) is 50.7 Å². The molecule has 1 N–H and O–H groups in total. The zero-order chi connectivity index (χ0) is 14.3. The molecule has 3 rings (SSSR count). The maximum atomic E-state index is 10.8. The van der Waals surface area contributed by atoms with E-state index in [4.69, 9.17) is 0 Å². The van der Waals surface area contributed by atoms with Gasteiger partial charge in [-0.1, -0.05) is 0 Å². The topological polar surface area (TPSA) is 58.4 Å². The van der Waals surface area contributed by atoms with E-state index in [1.54, 1.807) is 12.1 Å². The average Bonchev–Trinajstić information content (AvgIpc) is 2.76. The second-order valence-electron chi connectivity index (χ2n) is 6.10. The molecule has 108 valence electrons. The van der Waals surface area contributed by atoms with Crippen molar-refractivity contribution in [3.8, 4) is 0 Å². The van der Waals surface area contributed by atoms with Gasteiger partial charge in [-0.2, -0.15) is 0 Å². The lowest BCUT2D eigenvalue weighted by molar-refractivity contribution is -0.384. The number of non-ortho nitro benzene ring substituents is 1. The van der Waals surface area contributed by atoms with Crippen molar-refractivity contribution < 1.29 is 4.92 Å². The summed E-state index contributed by atoms with van der Waals surface area (Å²) in [6.07, 6.45) is 4.91. The molecule has 2 unspecified atom stereocenters. The van der Waals surface area contributed by atoms with Crippen molar-refractivity contribution >= 4 is 11.4 Å². The number of nitrogens with one attached hydrogen (secondary N) is 1. The molecular formula is C15H21N3O2. The summed E-state index contributed by atoms with van der Waals surface area (Å²) < 4.78 is 0. The lowest BCUT2D eigenvalue weighted by Crippen LogP contribution is -2.47. The minimum atomic E-state index is -0.332. The molecule has 2 aliphatic heterocycles. The molecule has 2 bridgehead atoms. The van der Waals surface area contributed by atoms with Crippen molar-refractivity contribution in [2.24, 2.45) is 0 Å². The van der Waals surface area contributed by atoms with Crippen molar-refractivity contribution in [2.75, 3.05) is 11.9 Å². The van der Waals surface area contributed by atoms with Gasteiger partial charge in [-0.25, -0.2) is 0 Å². The SMILES string of the molecule is Cc1cc([N+](=O)[O-])ccc1N(C)C1CC2CCC(C1)N2. The third-order valence-electron chi connectivity index (χ3n) is 4.77. The first-order chi connectivity index (χ1) is 9.54. The highest BCUT2D eigenvalue weighted by Gasteiger charge is 2.35. The van der Waals surface area contributed by atoms with Crippen LogP contribution >= 0.6 is 0 Å². The van der Waals surface area contributed by atoms with Gasteiger partial charge in [0.1, 0.15) is 0 Å². The predicted molar refractivity (Wildman–Crippen MR) is 79.2 cm³/mol. The molecular weight excluding hydrogens is 254 g/mol. The minimum absolute atomic E-state index is 0.171. The number of nitro benzene ring substituents is 1. The van der Waals surface area contributed by atoms with Gasteiger partial charge >= 0.3 is 0 Å². The third-order valence-corrected chi connectivity index (χ3v) is 4.77. The molecule has 0 amide bonds. The minimum Gasteiger partial charge on any atom is -0.371 e. The number of rotatable bonds is 3. The highest BCUT2D eigenvalue weighted by Crippen LogP contribution is 2.33. The van der Waals surface area contributed by atoms with Crippen molar-refractivity contribution in [3.63, 3.8) is 0 Å². The monoisotopic (exact) mass is 275 g/mol. The van der Waals surface area contributed by atoms with Crippen molar-refractivity contribution in [3.05, 3.63) is 33.9 Å². The first kappa shape index (κ1) is 13.4. The van der Waals surface area contributed by atoms with Gasteiger partial charge < -0.3 is 10.2 Å². The molecule has 2 saturated heterocycles. The third kappa shape index (κ3) is 2.38.